The third-order valence-corrected chi connectivity index (χ3v) is 4.90. The van der Waals surface area contributed by atoms with Crippen LogP contribution in [0.1, 0.15) is 12.8 Å². The van der Waals surface area contributed by atoms with Gasteiger partial charge in [-0.2, -0.15) is 5.10 Å². The number of nitrogens with one attached hydrogen (secondary N) is 1. The second kappa shape index (κ2) is 5.85. The first-order valence-corrected chi connectivity index (χ1v) is 8.93. The minimum atomic E-state index is 0.647. The number of aromatic nitrogens is 4. The molecule has 1 unspecified atom stereocenters. The Labute approximate surface area is 133 Å². The lowest BCUT2D eigenvalue weighted by Crippen LogP contribution is -2.32. The third-order valence-electron chi connectivity index (χ3n) is 4.34. The SMILES string of the molecule is CSc1ncc2ccc3cnn(CC4CCCNC4)c3c2n1. The van der Waals surface area contributed by atoms with Crippen molar-refractivity contribution < 1.29 is 0 Å². The molecule has 1 N–H and O–H groups in total. The number of rotatable bonds is 3. The van der Waals surface area contributed by atoms with E-state index in [-0.39, 0.29) is 0 Å². The molecule has 0 bridgehead atoms. The van der Waals surface area contributed by atoms with Crippen molar-refractivity contribution in [2.24, 2.45) is 5.92 Å². The highest BCUT2D eigenvalue weighted by Crippen LogP contribution is 2.26. The van der Waals surface area contributed by atoms with Gasteiger partial charge in [0.15, 0.2) is 5.16 Å². The van der Waals surface area contributed by atoms with Crippen LogP contribution in [-0.4, -0.2) is 39.1 Å². The van der Waals surface area contributed by atoms with Crippen LogP contribution >= 0.6 is 11.8 Å². The highest BCUT2D eigenvalue weighted by Gasteiger charge is 2.16. The Morgan fingerprint density at radius 3 is 3.05 bits per heavy atom. The zero-order valence-corrected chi connectivity index (χ0v) is 13.4. The van der Waals surface area contributed by atoms with Crippen molar-refractivity contribution >= 4 is 33.6 Å². The Morgan fingerprint density at radius 1 is 1.32 bits per heavy atom. The van der Waals surface area contributed by atoms with Crippen LogP contribution in [-0.2, 0) is 6.54 Å². The Kier molecular flexibility index (Phi) is 3.72. The van der Waals surface area contributed by atoms with E-state index in [1.807, 2.05) is 18.6 Å². The van der Waals surface area contributed by atoms with Crippen LogP contribution in [0.25, 0.3) is 21.8 Å². The minimum absolute atomic E-state index is 0.647. The Balaban J connectivity index is 1.82. The summed E-state index contributed by atoms with van der Waals surface area (Å²) in [6.07, 6.45) is 8.39. The van der Waals surface area contributed by atoms with Gasteiger partial charge in [-0.15, -0.1) is 0 Å². The van der Waals surface area contributed by atoms with E-state index in [0.29, 0.717) is 5.92 Å². The largest absolute Gasteiger partial charge is 0.316 e. The highest BCUT2D eigenvalue weighted by atomic mass is 32.2. The summed E-state index contributed by atoms with van der Waals surface area (Å²) in [7, 11) is 0. The Hall–Kier alpha value is -1.66. The molecule has 0 aliphatic carbocycles. The molecule has 5 nitrogen and oxygen atoms in total. The molecular weight excluding hydrogens is 294 g/mol. The fourth-order valence-electron chi connectivity index (χ4n) is 3.21. The van der Waals surface area contributed by atoms with Crippen LogP contribution in [0, 0.1) is 5.92 Å². The van der Waals surface area contributed by atoms with E-state index in [1.54, 1.807) is 11.8 Å². The first-order valence-electron chi connectivity index (χ1n) is 7.71. The molecule has 22 heavy (non-hydrogen) atoms. The van der Waals surface area contributed by atoms with Crippen molar-refractivity contribution in [1.29, 1.82) is 0 Å². The van der Waals surface area contributed by atoms with Crippen molar-refractivity contribution in [3.8, 4) is 0 Å². The van der Waals surface area contributed by atoms with Crippen LogP contribution in [0.4, 0.5) is 0 Å². The summed E-state index contributed by atoms with van der Waals surface area (Å²) in [5, 5.41) is 11.1. The van der Waals surface area contributed by atoms with E-state index in [9.17, 15) is 0 Å². The lowest BCUT2D eigenvalue weighted by atomic mass is 10.00. The highest BCUT2D eigenvalue weighted by molar-refractivity contribution is 7.98. The Bertz CT molecular complexity index is 807. The molecular formula is C16H19N5S. The number of fused-ring (bicyclic) bond motifs is 3. The lowest BCUT2D eigenvalue weighted by Gasteiger charge is -2.22. The maximum absolute atomic E-state index is 4.72. The van der Waals surface area contributed by atoms with Crippen LogP contribution < -0.4 is 5.32 Å². The van der Waals surface area contributed by atoms with Gasteiger partial charge in [0.1, 0.15) is 5.52 Å². The third kappa shape index (κ3) is 2.46. The van der Waals surface area contributed by atoms with Crippen LogP contribution in [0.5, 0.6) is 0 Å². The zero-order chi connectivity index (χ0) is 14.9. The van der Waals surface area contributed by atoms with Crippen LogP contribution in [0.3, 0.4) is 0 Å². The van der Waals surface area contributed by atoms with Crippen LogP contribution in [0.15, 0.2) is 29.7 Å². The lowest BCUT2D eigenvalue weighted by molar-refractivity contribution is 0.329. The predicted molar refractivity (Wildman–Crippen MR) is 90.2 cm³/mol. The molecule has 114 valence electrons. The summed E-state index contributed by atoms with van der Waals surface area (Å²) in [6.45, 7) is 3.18. The van der Waals surface area contributed by atoms with Gasteiger partial charge in [-0.05, 0) is 38.1 Å². The van der Waals surface area contributed by atoms with Gasteiger partial charge in [-0.3, -0.25) is 4.68 Å². The molecule has 3 heterocycles. The first kappa shape index (κ1) is 14.0. The second-order valence-corrected chi connectivity index (χ2v) is 6.61. The fraction of sp³-hybridized carbons (Fsp3) is 0.438. The van der Waals surface area contributed by atoms with Gasteiger partial charge in [-0.25, -0.2) is 9.97 Å². The first-order chi connectivity index (χ1) is 10.8. The zero-order valence-electron chi connectivity index (χ0n) is 12.6. The summed E-state index contributed by atoms with van der Waals surface area (Å²) in [4.78, 5) is 9.10. The number of thioether (sulfide) groups is 1. The normalized spacial score (nSPS) is 19.0. The number of hydrogen-bond donors (Lipinski definition) is 1. The molecule has 1 aliphatic rings. The molecule has 1 saturated heterocycles. The van der Waals surface area contributed by atoms with E-state index in [0.717, 1.165) is 46.6 Å². The smallest absolute Gasteiger partial charge is 0.187 e. The van der Waals surface area contributed by atoms with Crippen molar-refractivity contribution in [3.63, 3.8) is 0 Å². The van der Waals surface area contributed by atoms with Gasteiger partial charge in [0, 0.05) is 23.5 Å². The quantitative estimate of drug-likeness (QED) is 0.595. The average Bonchev–Trinajstić information content (AvgIpc) is 2.98. The van der Waals surface area contributed by atoms with Gasteiger partial charge < -0.3 is 5.32 Å². The van der Waals surface area contributed by atoms with Gasteiger partial charge in [-0.1, -0.05) is 23.9 Å². The Morgan fingerprint density at radius 2 is 2.23 bits per heavy atom. The molecule has 1 fully saturated rings. The van der Waals surface area contributed by atoms with Gasteiger partial charge in [0.05, 0.1) is 11.7 Å². The van der Waals surface area contributed by atoms with Crippen molar-refractivity contribution in [1.82, 2.24) is 25.1 Å². The molecule has 3 aromatic rings. The molecule has 0 spiro atoms. The topological polar surface area (TPSA) is 55.6 Å². The molecule has 1 atom stereocenters. The standard InChI is InChI=1S/C16H19N5S/c1-22-16-18-8-12-4-5-13-9-19-21(15(13)14(12)20-16)10-11-3-2-6-17-7-11/h4-5,8-9,11,17H,2-3,6-7,10H2,1H3. The summed E-state index contributed by atoms with van der Waals surface area (Å²) < 4.78 is 2.13. The molecule has 0 saturated carbocycles. The van der Waals surface area contributed by atoms with Crippen molar-refractivity contribution in [2.75, 3.05) is 19.3 Å². The van der Waals surface area contributed by atoms with Gasteiger partial charge in [0.2, 0.25) is 0 Å². The molecule has 2 aromatic heterocycles. The monoisotopic (exact) mass is 313 g/mol. The second-order valence-electron chi connectivity index (χ2n) is 5.84. The summed E-state index contributed by atoms with van der Waals surface area (Å²) >= 11 is 1.57. The molecule has 6 heteroatoms. The van der Waals surface area contributed by atoms with Crippen molar-refractivity contribution in [3.05, 3.63) is 24.5 Å². The van der Waals surface area contributed by atoms with Gasteiger partial charge in [0.25, 0.3) is 0 Å². The minimum Gasteiger partial charge on any atom is -0.316 e. The molecule has 0 amide bonds. The maximum Gasteiger partial charge on any atom is 0.187 e. The van der Waals surface area contributed by atoms with E-state index in [4.69, 9.17) is 4.98 Å². The molecule has 1 aromatic carbocycles. The summed E-state index contributed by atoms with van der Waals surface area (Å²) in [6, 6.07) is 4.19. The number of benzene rings is 1. The van der Waals surface area contributed by atoms with Crippen LogP contribution in [0.2, 0.25) is 0 Å². The average molecular weight is 313 g/mol. The van der Waals surface area contributed by atoms with E-state index in [1.165, 1.54) is 12.8 Å². The number of hydrogen-bond acceptors (Lipinski definition) is 5. The van der Waals surface area contributed by atoms with E-state index in [2.05, 4.69) is 32.2 Å². The summed E-state index contributed by atoms with van der Waals surface area (Å²) in [5.74, 6) is 0.647. The fourth-order valence-corrected chi connectivity index (χ4v) is 3.55. The predicted octanol–water partition coefficient (Wildman–Crippen LogP) is 2.70. The molecule has 0 radical (unpaired) electrons. The maximum atomic E-state index is 4.72. The molecule has 1 aliphatic heterocycles. The number of piperidine rings is 1. The van der Waals surface area contributed by atoms with E-state index >= 15 is 0 Å². The van der Waals surface area contributed by atoms with E-state index < -0.39 is 0 Å². The van der Waals surface area contributed by atoms with Crippen molar-refractivity contribution in [2.45, 2.75) is 24.5 Å². The molecule has 4 rings (SSSR count). The number of nitrogens with zero attached hydrogens (tertiary/aromatic N) is 4. The van der Waals surface area contributed by atoms with Gasteiger partial charge >= 0.3 is 0 Å². The summed E-state index contributed by atoms with van der Waals surface area (Å²) in [5.41, 5.74) is 2.15.